The summed E-state index contributed by atoms with van der Waals surface area (Å²) in [6.07, 6.45) is 4.67. The number of sulfonamides is 1. The van der Waals surface area contributed by atoms with Gasteiger partial charge >= 0.3 is 0 Å². The molecular formula is C10H19NO3S. The predicted octanol–water partition coefficient (Wildman–Crippen LogP) is 0.785. The fraction of sp³-hybridized carbons (Fsp3) is 0.800. The van der Waals surface area contributed by atoms with Gasteiger partial charge in [-0.05, 0) is 32.1 Å². The van der Waals surface area contributed by atoms with Crippen LogP contribution < -0.4 is 4.72 Å². The van der Waals surface area contributed by atoms with Crippen molar-refractivity contribution in [3.05, 3.63) is 12.7 Å². The molecule has 0 aliphatic heterocycles. The second-order valence-corrected chi connectivity index (χ2v) is 5.89. The fourth-order valence-electron chi connectivity index (χ4n) is 1.75. The van der Waals surface area contributed by atoms with Crippen LogP contribution in [0.4, 0.5) is 0 Å². The largest absolute Gasteiger partial charge is 0.393 e. The normalized spacial score (nSPS) is 27.5. The van der Waals surface area contributed by atoms with Gasteiger partial charge in [-0.2, -0.15) is 0 Å². The fourth-order valence-corrected chi connectivity index (χ4v) is 3.08. The standard InChI is InChI=1S/C10H19NO3S/c1-2-3-8-15(13,14)11-9-4-6-10(12)7-5-9/h2,9-12H,1,3-8H2. The van der Waals surface area contributed by atoms with Gasteiger partial charge in [-0.1, -0.05) is 6.08 Å². The molecule has 1 fully saturated rings. The molecule has 0 amide bonds. The van der Waals surface area contributed by atoms with Crippen LogP contribution >= 0.6 is 0 Å². The topological polar surface area (TPSA) is 66.4 Å². The van der Waals surface area contributed by atoms with Crippen LogP contribution in [0.2, 0.25) is 0 Å². The molecule has 88 valence electrons. The average molecular weight is 233 g/mol. The van der Waals surface area contributed by atoms with Crippen molar-refractivity contribution in [1.82, 2.24) is 4.72 Å². The van der Waals surface area contributed by atoms with E-state index in [4.69, 9.17) is 0 Å². The molecule has 0 atom stereocenters. The van der Waals surface area contributed by atoms with E-state index in [-0.39, 0.29) is 17.9 Å². The Morgan fingerprint density at radius 2 is 1.93 bits per heavy atom. The second-order valence-electron chi connectivity index (χ2n) is 4.02. The summed E-state index contributed by atoms with van der Waals surface area (Å²) in [5.74, 6) is 0.107. The van der Waals surface area contributed by atoms with Crippen LogP contribution in [0.25, 0.3) is 0 Å². The Balaban J connectivity index is 2.37. The van der Waals surface area contributed by atoms with Crippen molar-refractivity contribution in [2.75, 3.05) is 5.75 Å². The molecule has 0 aromatic heterocycles. The molecule has 0 heterocycles. The molecule has 0 unspecified atom stereocenters. The van der Waals surface area contributed by atoms with E-state index in [9.17, 15) is 13.5 Å². The molecule has 1 rings (SSSR count). The summed E-state index contributed by atoms with van der Waals surface area (Å²) in [4.78, 5) is 0. The lowest BCUT2D eigenvalue weighted by molar-refractivity contribution is 0.120. The van der Waals surface area contributed by atoms with Crippen LogP contribution in [0.3, 0.4) is 0 Å². The van der Waals surface area contributed by atoms with Crippen molar-refractivity contribution >= 4 is 10.0 Å². The van der Waals surface area contributed by atoms with Crippen LogP contribution in [0, 0.1) is 0 Å². The van der Waals surface area contributed by atoms with E-state index in [2.05, 4.69) is 11.3 Å². The summed E-state index contributed by atoms with van der Waals surface area (Å²) in [5.41, 5.74) is 0. The van der Waals surface area contributed by atoms with E-state index in [0.29, 0.717) is 19.3 Å². The molecule has 1 aliphatic carbocycles. The molecular weight excluding hydrogens is 214 g/mol. The maximum atomic E-state index is 11.5. The van der Waals surface area contributed by atoms with Crippen molar-refractivity contribution in [2.45, 2.75) is 44.2 Å². The van der Waals surface area contributed by atoms with E-state index >= 15 is 0 Å². The lowest BCUT2D eigenvalue weighted by Crippen LogP contribution is -2.39. The third-order valence-electron chi connectivity index (χ3n) is 2.63. The Hall–Kier alpha value is -0.390. The Morgan fingerprint density at radius 3 is 2.47 bits per heavy atom. The minimum Gasteiger partial charge on any atom is -0.393 e. The predicted molar refractivity (Wildman–Crippen MR) is 60.0 cm³/mol. The lowest BCUT2D eigenvalue weighted by atomic mass is 9.94. The molecule has 1 aliphatic rings. The Kier molecular flexibility index (Phi) is 4.76. The van der Waals surface area contributed by atoms with Gasteiger partial charge in [0.15, 0.2) is 0 Å². The molecule has 0 saturated heterocycles. The van der Waals surface area contributed by atoms with Crippen molar-refractivity contribution in [3.63, 3.8) is 0 Å². The first-order chi connectivity index (χ1) is 7.03. The average Bonchev–Trinajstić information content (AvgIpc) is 2.18. The highest BCUT2D eigenvalue weighted by Gasteiger charge is 2.22. The van der Waals surface area contributed by atoms with Gasteiger partial charge in [0.1, 0.15) is 0 Å². The monoisotopic (exact) mass is 233 g/mol. The lowest BCUT2D eigenvalue weighted by Gasteiger charge is -2.25. The quantitative estimate of drug-likeness (QED) is 0.690. The number of nitrogens with one attached hydrogen (secondary N) is 1. The van der Waals surface area contributed by atoms with Crippen LogP contribution in [-0.4, -0.2) is 31.4 Å². The molecule has 1 saturated carbocycles. The van der Waals surface area contributed by atoms with Gasteiger partial charge in [-0.25, -0.2) is 13.1 Å². The first kappa shape index (κ1) is 12.7. The summed E-state index contributed by atoms with van der Waals surface area (Å²) in [7, 11) is -3.16. The van der Waals surface area contributed by atoms with Gasteiger partial charge in [0.05, 0.1) is 11.9 Å². The number of aliphatic hydroxyl groups excluding tert-OH is 1. The maximum absolute atomic E-state index is 11.5. The van der Waals surface area contributed by atoms with Gasteiger partial charge in [0.25, 0.3) is 0 Å². The molecule has 0 spiro atoms. The second kappa shape index (κ2) is 5.63. The summed E-state index contributed by atoms with van der Waals surface area (Å²) in [6, 6.07) is 0.00298. The Morgan fingerprint density at radius 1 is 1.33 bits per heavy atom. The SMILES string of the molecule is C=CCCS(=O)(=O)NC1CCC(O)CC1. The third-order valence-corrected chi connectivity index (χ3v) is 4.10. The molecule has 0 aromatic carbocycles. The highest BCUT2D eigenvalue weighted by molar-refractivity contribution is 7.89. The van der Waals surface area contributed by atoms with Gasteiger partial charge in [0.2, 0.25) is 10.0 Å². The van der Waals surface area contributed by atoms with Crippen LogP contribution in [0.5, 0.6) is 0 Å². The first-order valence-corrected chi connectivity index (χ1v) is 6.97. The van der Waals surface area contributed by atoms with Gasteiger partial charge in [-0.3, -0.25) is 0 Å². The zero-order chi connectivity index (χ0) is 11.3. The zero-order valence-corrected chi connectivity index (χ0v) is 9.67. The summed E-state index contributed by atoms with van der Waals surface area (Å²) >= 11 is 0. The molecule has 15 heavy (non-hydrogen) atoms. The van der Waals surface area contributed by atoms with Crippen molar-refractivity contribution in [1.29, 1.82) is 0 Å². The molecule has 5 heteroatoms. The third kappa shape index (κ3) is 4.77. The Labute approximate surface area is 91.4 Å². The molecule has 0 bridgehead atoms. The number of aliphatic hydroxyl groups is 1. The van der Waals surface area contributed by atoms with Crippen LogP contribution in [-0.2, 0) is 10.0 Å². The highest BCUT2D eigenvalue weighted by atomic mass is 32.2. The molecule has 4 nitrogen and oxygen atoms in total. The van der Waals surface area contributed by atoms with E-state index in [0.717, 1.165) is 12.8 Å². The number of hydrogen-bond donors (Lipinski definition) is 2. The van der Waals surface area contributed by atoms with Crippen molar-refractivity contribution < 1.29 is 13.5 Å². The minimum atomic E-state index is -3.16. The number of rotatable bonds is 5. The van der Waals surface area contributed by atoms with E-state index in [1.807, 2.05) is 0 Å². The van der Waals surface area contributed by atoms with E-state index in [1.54, 1.807) is 6.08 Å². The minimum absolute atomic E-state index is 0.00298. The van der Waals surface area contributed by atoms with Crippen molar-refractivity contribution in [2.24, 2.45) is 0 Å². The summed E-state index contributed by atoms with van der Waals surface area (Å²) in [6.45, 7) is 3.50. The Bertz CT molecular complexity index is 292. The first-order valence-electron chi connectivity index (χ1n) is 5.32. The van der Waals surface area contributed by atoms with E-state index < -0.39 is 10.0 Å². The van der Waals surface area contributed by atoms with Gasteiger partial charge < -0.3 is 5.11 Å². The highest BCUT2D eigenvalue weighted by Crippen LogP contribution is 2.18. The number of hydrogen-bond acceptors (Lipinski definition) is 3. The molecule has 0 radical (unpaired) electrons. The smallest absolute Gasteiger partial charge is 0.212 e. The molecule has 2 N–H and O–H groups in total. The molecule has 0 aromatic rings. The number of allylic oxidation sites excluding steroid dienone is 1. The summed E-state index contributed by atoms with van der Waals surface area (Å²) in [5, 5.41) is 9.28. The maximum Gasteiger partial charge on any atom is 0.212 e. The zero-order valence-electron chi connectivity index (χ0n) is 8.85. The van der Waals surface area contributed by atoms with Crippen LogP contribution in [0.15, 0.2) is 12.7 Å². The van der Waals surface area contributed by atoms with Crippen molar-refractivity contribution in [3.8, 4) is 0 Å². The van der Waals surface area contributed by atoms with Gasteiger partial charge in [0, 0.05) is 6.04 Å². The summed E-state index contributed by atoms with van der Waals surface area (Å²) < 4.78 is 25.7. The van der Waals surface area contributed by atoms with E-state index in [1.165, 1.54) is 0 Å². The van der Waals surface area contributed by atoms with Gasteiger partial charge in [-0.15, -0.1) is 6.58 Å². The van der Waals surface area contributed by atoms with Crippen LogP contribution in [0.1, 0.15) is 32.1 Å².